The average molecular weight is 481 g/mol. The smallest absolute Gasteiger partial charge is 0.274 e. The summed E-state index contributed by atoms with van der Waals surface area (Å²) in [5, 5.41) is 9.64. The molecule has 1 unspecified atom stereocenters. The second-order valence-corrected chi connectivity index (χ2v) is 10.1. The molecule has 1 atom stereocenters. The summed E-state index contributed by atoms with van der Waals surface area (Å²) < 4.78 is 40.0. The lowest BCUT2D eigenvalue weighted by atomic mass is 10.2. The second kappa shape index (κ2) is 9.03. The van der Waals surface area contributed by atoms with Crippen LogP contribution in [0.1, 0.15) is 31.2 Å². The summed E-state index contributed by atoms with van der Waals surface area (Å²) in [6.07, 6.45) is 6.36. The fraction of sp³-hybridized carbons (Fsp3) is 0.292. The number of benzene rings is 2. The molecule has 0 aliphatic carbocycles. The van der Waals surface area contributed by atoms with E-state index in [4.69, 9.17) is 9.47 Å². The van der Waals surface area contributed by atoms with Crippen LogP contribution in [0.15, 0.2) is 75.5 Å². The van der Waals surface area contributed by atoms with E-state index in [9.17, 15) is 13.2 Å². The summed E-state index contributed by atoms with van der Waals surface area (Å²) >= 11 is 0. The molecule has 0 bridgehead atoms. The zero-order valence-electron chi connectivity index (χ0n) is 18.6. The normalized spacial score (nSPS) is 16.6. The molecule has 1 fully saturated rings. The van der Waals surface area contributed by atoms with Crippen LogP contribution in [-0.4, -0.2) is 41.7 Å². The van der Waals surface area contributed by atoms with E-state index in [1.165, 1.54) is 48.3 Å². The van der Waals surface area contributed by atoms with Crippen molar-refractivity contribution >= 4 is 20.6 Å². The van der Waals surface area contributed by atoms with E-state index in [1.807, 2.05) is 12.3 Å². The van der Waals surface area contributed by atoms with Crippen molar-refractivity contribution in [3.8, 4) is 5.75 Å². The number of nitrogens with zero attached hydrogens (tertiary/aromatic N) is 4. The lowest BCUT2D eigenvalue weighted by Crippen LogP contribution is -2.24. The number of sulfone groups is 1. The predicted octanol–water partition coefficient (Wildman–Crippen LogP) is 3.18. The van der Waals surface area contributed by atoms with Gasteiger partial charge in [-0.15, -0.1) is 0 Å². The molecule has 176 valence electrons. The fourth-order valence-electron chi connectivity index (χ4n) is 4.04. The maximum Gasteiger partial charge on any atom is 0.274 e. The monoisotopic (exact) mass is 480 g/mol. The Hall–Kier alpha value is -3.50. The van der Waals surface area contributed by atoms with Crippen molar-refractivity contribution < 1.29 is 17.9 Å². The average Bonchev–Trinajstić information content (AvgIpc) is 3.35. The van der Waals surface area contributed by atoms with Gasteiger partial charge in [-0.2, -0.15) is 10.2 Å². The standard InChI is InChI=1S/C24H24N4O5S/c1-32-19-5-7-20(8-6-19)34(30,31)21-9-10-22-17(14-21)15-25-28(24(22)29)16-18-11-12-27(26-18)23-4-2-3-13-33-23/h5-12,14-15,23H,2-4,13,16H2,1H3. The Morgan fingerprint density at radius 3 is 2.62 bits per heavy atom. The molecule has 1 aliphatic heterocycles. The molecule has 2 aromatic carbocycles. The fourth-order valence-corrected chi connectivity index (χ4v) is 5.34. The number of ether oxygens (including phenoxy) is 2. The van der Waals surface area contributed by atoms with E-state index in [0.717, 1.165) is 25.9 Å². The number of methoxy groups -OCH3 is 1. The van der Waals surface area contributed by atoms with Gasteiger partial charge >= 0.3 is 0 Å². The van der Waals surface area contributed by atoms with Gasteiger partial charge in [-0.3, -0.25) is 4.79 Å². The first-order valence-corrected chi connectivity index (χ1v) is 12.5. The van der Waals surface area contributed by atoms with Gasteiger partial charge in [0.25, 0.3) is 5.56 Å². The molecule has 0 radical (unpaired) electrons. The molecule has 0 N–H and O–H groups in total. The Balaban J connectivity index is 1.41. The summed E-state index contributed by atoms with van der Waals surface area (Å²) in [6, 6.07) is 12.5. The number of rotatable bonds is 6. The van der Waals surface area contributed by atoms with E-state index < -0.39 is 9.84 Å². The number of hydrogen-bond acceptors (Lipinski definition) is 7. The van der Waals surface area contributed by atoms with Gasteiger partial charge in [-0.05, 0) is 67.8 Å². The van der Waals surface area contributed by atoms with E-state index in [1.54, 1.807) is 16.8 Å². The highest BCUT2D eigenvalue weighted by Crippen LogP contribution is 2.25. The van der Waals surface area contributed by atoms with Crippen molar-refractivity contribution in [1.82, 2.24) is 19.6 Å². The van der Waals surface area contributed by atoms with Crippen LogP contribution >= 0.6 is 0 Å². The maximum absolute atomic E-state index is 13.0. The minimum Gasteiger partial charge on any atom is -0.497 e. The molecule has 1 saturated heterocycles. The van der Waals surface area contributed by atoms with Crippen LogP contribution in [0.2, 0.25) is 0 Å². The quantitative estimate of drug-likeness (QED) is 0.417. The Morgan fingerprint density at radius 1 is 1.09 bits per heavy atom. The lowest BCUT2D eigenvalue weighted by molar-refractivity contribution is -0.0397. The highest BCUT2D eigenvalue weighted by Gasteiger charge is 2.20. The third kappa shape index (κ3) is 4.22. The Morgan fingerprint density at radius 2 is 1.88 bits per heavy atom. The molecule has 5 rings (SSSR count). The second-order valence-electron chi connectivity index (χ2n) is 8.14. The third-order valence-electron chi connectivity index (χ3n) is 5.93. The maximum atomic E-state index is 13.0. The Labute approximate surface area is 196 Å². The van der Waals surface area contributed by atoms with Crippen molar-refractivity contribution in [2.45, 2.75) is 41.8 Å². The van der Waals surface area contributed by atoms with Crippen molar-refractivity contribution in [1.29, 1.82) is 0 Å². The van der Waals surface area contributed by atoms with Crippen LogP contribution in [0.4, 0.5) is 0 Å². The summed E-state index contributed by atoms with van der Waals surface area (Å²) in [5.74, 6) is 0.568. The summed E-state index contributed by atoms with van der Waals surface area (Å²) in [4.78, 5) is 13.3. The van der Waals surface area contributed by atoms with Crippen molar-refractivity contribution in [3.05, 3.63) is 77.0 Å². The molecule has 0 saturated carbocycles. The van der Waals surface area contributed by atoms with Crippen LogP contribution in [0.5, 0.6) is 5.75 Å². The molecule has 0 spiro atoms. The number of aromatic nitrogens is 4. The van der Waals surface area contributed by atoms with Crippen molar-refractivity contribution in [2.75, 3.05) is 13.7 Å². The van der Waals surface area contributed by atoms with Crippen molar-refractivity contribution in [3.63, 3.8) is 0 Å². The van der Waals surface area contributed by atoms with Gasteiger partial charge in [0.2, 0.25) is 9.84 Å². The third-order valence-corrected chi connectivity index (χ3v) is 7.70. The summed E-state index contributed by atoms with van der Waals surface area (Å²) in [5.41, 5.74) is 0.385. The Bertz CT molecular complexity index is 1490. The molecule has 34 heavy (non-hydrogen) atoms. The summed E-state index contributed by atoms with van der Waals surface area (Å²) in [6.45, 7) is 0.933. The first-order valence-electron chi connectivity index (χ1n) is 11.0. The summed E-state index contributed by atoms with van der Waals surface area (Å²) in [7, 11) is -2.23. The van der Waals surface area contributed by atoms with Crippen LogP contribution in [0.25, 0.3) is 10.8 Å². The molecule has 2 aromatic heterocycles. The zero-order valence-corrected chi connectivity index (χ0v) is 19.4. The highest BCUT2D eigenvalue weighted by molar-refractivity contribution is 7.91. The van der Waals surface area contributed by atoms with Gasteiger partial charge in [0.15, 0.2) is 0 Å². The van der Waals surface area contributed by atoms with Crippen molar-refractivity contribution in [2.24, 2.45) is 0 Å². The van der Waals surface area contributed by atoms with Gasteiger partial charge in [-0.25, -0.2) is 17.8 Å². The van der Waals surface area contributed by atoms with E-state index in [-0.39, 0.29) is 28.1 Å². The van der Waals surface area contributed by atoms with E-state index in [0.29, 0.717) is 22.2 Å². The molecule has 1 aliphatic rings. The zero-order chi connectivity index (χ0) is 23.7. The number of fused-ring (bicyclic) bond motifs is 1. The van der Waals surface area contributed by atoms with Gasteiger partial charge in [0.1, 0.15) is 12.0 Å². The first kappa shape index (κ1) is 22.3. The van der Waals surface area contributed by atoms with E-state index in [2.05, 4.69) is 10.2 Å². The minimum absolute atomic E-state index is 0.0742. The SMILES string of the molecule is COc1ccc(S(=O)(=O)c2ccc3c(=O)n(Cc4ccn(C5CCCCO5)n4)ncc3c2)cc1. The molecular weight excluding hydrogens is 456 g/mol. The lowest BCUT2D eigenvalue weighted by Gasteiger charge is -2.22. The van der Waals surface area contributed by atoms with Gasteiger partial charge < -0.3 is 9.47 Å². The predicted molar refractivity (Wildman–Crippen MR) is 125 cm³/mol. The molecular formula is C24H24N4O5S. The van der Waals surface area contributed by atoms with Crippen LogP contribution in [0.3, 0.4) is 0 Å². The van der Waals surface area contributed by atoms with Crippen LogP contribution in [-0.2, 0) is 21.1 Å². The van der Waals surface area contributed by atoms with Gasteiger partial charge in [0, 0.05) is 18.2 Å². The molecule has 9 nitrogen and oxygen atoms in total. The molecule has 4 aromatic rings. The molecule has 10 heteroatoms. The topological polar surface area (TPSA) is 105 Å². The number of hydrogen-bond donors (Lipinski definition) is 0. The largest absolute Gasteiger partial charge is 0.497 e. The Kier molecular flexibility index (Phi) is 5.93. The van der Waals surface area contributed by atoms with Gasteiger partial charge in [-0.1, -0.05) is 0 Å². The minimum atomic E-state index is -3.75. The van der Waals surface area contributed by atoms with Crippen LogP contribution in [0, 0.1) is 0 Å². The first-order chi connectivity index (χ1) is 16.5. The molecule has 3 heterocycles. The van der Waals surface area contributed by atoms with E-state index >= 15 is 0 Å². The molecule has 0 amide bonds. The van der Waals surface area contributed by atoms with Gasteiger partial charge in [0.05, 0.1) is 40.7 Å². The highest BCUT2D eigenvalue weighted by atomic mass is 32.2. The van der Waals surface area contributed by atoms with Crippen LogP contribution < -0.4 is 10.3 Å².